The van der Waals surface area contributed by atoms with E-state index in [1.807, 2.05) is 0 Å². The SMILES string of the molecule is C=CCn1c(CNC(=O)c2cccc(Cl)c2)nnc1SCC(=O)Nc1cc([N+](=O)[O-])ccc1C. The van der Waals surface area contributed by atoms with Crippen LogP contribution in [0.4, 0.5) is 11.4 Å². The van der Waals surface area contributed by atoms with Crippen LogP contribution >= 0.6 is 23.4 Å². The second-order valence-electron chi connectivity index (χ2n) is 7.08. The number of aromatic nitrogens is 3. The van der Waals surface area contributed by atoms with Crippen molar-refractivity contribution in [3.05, 3.63) is 87.2 Å². The Kier molecular flexibility index (Phi) is 8.39. The van der Waals surface area contributed by atoms with E-state index in [2.05, 4.69) is 27.4 Å². The van der Waals surface area contributed by atoms with Crippen LogP contribution in [0.5, 0.6) is 0 Å². The fourth-order valence-electron chi connectivity index (χ4n) is 2.93. The summed E-state index contributed by atoms with van der Waals surface area (Å²) < 4.78 is 1.74. The van der Waals surface area contributed by atoms with Gasteiger partial charge in [-0.2, -0.15) is 0 Å². The molecule has 0 saturated carbocycles. The van der Waals surface area contributed by atoms with Gasteiger partial charge >= 0.3 is 0 Å². The normalized spacial score (nSPS) is 10.5. The van der Waals surface area contributed by atoms with Gasteiger partial charge in [-0.05, 0) is 30.7 Å². The topological polar surface area (TPSA) is 132 Å². The molecule has 10 nitrogen and oxygen atoms in total. The highest BCUT2D eigenvalue weighted by atomic mass is 35.5. The summed E-state index contributed by atoms with van der Waals surface area (Å²) in [6.45, 7) is 5.97. The molecule has 1 aromatic heterocycles. The van der Waals surface area contributed by atoms with Gasteiger partial charge in [-0.1, -0.05) is 41.6 Å². The Morgan fingerprint density at radius 2 is 2.06 bits per heavy atom. The van der Waals surface area contributed by atoms with Crippen LogP contribution in [0.1, 0.15) is 21.7 Å². The van der Waals surface area contributed by atoms with Gasteiger partial charge in [0, 0.05) is 29.3 Å². The number of thioether (sulfide) groups is 1. The number of carbonyl (C=O) groups is 2. The largest absolute Gasteiger partial charge is 0.345 e. The summed E-state index contributed by atoms with van der Waals surface area (Å²) in [5.41, 5.74) is 1.39. The summed E-state index contributed by atoms with van der Waals surface area (Å²) in [5.74, 6) is -0.159. The van der Waals surface area contributed by atoms with Gasteiger partial charge < -0.3 is 15.2 Å². The zero-order valence-corrected chi connectivity index (χ0v) is 19.7. The van der Waals surface area contributed by atoms with Gasteiger partial charge in [0.1, 0.15) is 0 Å². The number of anilines is 1. The highest BCUT2D eigenvalue weighted by Gasteiger charge is 2.16. The van der Waals surface area contributed by atoms with Crippen molar-refractivity contribution >= 4 is 46.6 Å². The highest BCUT2D eigenvalue weighted by molar-refractivity contribution is 7.99. The van der Waals surface area contributed by atoms with Crippen LogP contribution in [0, 0.1) is 17.0 Å². The molecule has 0 unspecified atom stereocenters. The molecule has 2 aromatic carbocycles. The molecule has 0 aliphatic rings. The minimum atomic E-state index is -0.520. The second-order valence-corrected chi connectivity index (χ2v) is 8.46. The number of nitrogens with one attached hydrogen (secondary N) is 2. The molecular weight excluding hydrogens is 480 g/mol. The van der Waals surface area contributed by atoms with Crippen molar-refractivity contribution in [1.82, 2.24) is 20.1 Å². The summed E-state index contributed by atoms with van der Waals surface area (Å²) >= 11 is 7.08. The average molecular weight is 501 g/mol. The lowest BCUT2D eigenvalue weighted by Crippen LogP contribution is -2.24. The maximum Gasteiger partial charge on any atom is 0.271 e. The Hall–Kier alpha value is -3.70. The maximum absolute atomic E-state index is 12.4. The predicted octanol–water partition coefficient (Wildman–Crippen LogP) is 3.99. The molecule has 0 spiro atoms. The first-order valence-corrected chi connectivity index (χ1v) is 11.4. The summed E-state index contributed by atoms with van der Waals surface area (Å²) in [6.07, 6.45) is 1.66. The number of hydrogen-bond donors (Lipinski definition) is 2. The number of benzene rings is 2. The number of nitro benzene ring substituents is 1. The minimum absolute atomic E-state index is 0.00623. The number of hydrogen-bond acceptors (Lipinski definition) is 7. The van der Waals surface area contributed by atoms with Crippen LogP contribution < -0.4 is 10.6 Å². The van der Waals surface area contributed by atoms with Crippen molar-refractivity contribution in [3.8, 4) is 0 Å². The monoisotopic (exact) mass is 500 g/mol. The zero-order chi connectivity index (χ0) is 24.7. The Bertz CT molecular complexity index is 1250. The van der Waals surface area contributed by atoms with E-state index in [0.29, 0.717) is 39.4 Å². The molecule has 176 valence electrons. The first-order chi connectivity index (χ1) is 16.3. The van der Waals surface area contributed by atoms with E-state index in [4.69, 9.17) is 11.6 Å². The molecule has 3 aromatic rings. The molecule has 2 N–H and O–H groups in total. The number of non-ortho nitro benzene ring substituents is 1. The second kappa shape index (κ2) is 11.4. The molecule has 0 aliphatic heterocycles. The molecule has 1 heterocycles. The number of nitrogens with zero attached hydrogens (tertiary/aromatic N) is 4. The molecule has 0 saturated heterocycles. The summed E-state index contributed by atoms with van der Waals surface area (Å²) in [5, 5.41) is 25.6. The van der Waals surface area contributed by atoms with E-state index in [9.17, 15) is 19.7 Å². The standard InChI is InChI=1S/C22H21ClN6O4S/c1-3-9-28-19(12-24-21(31)15-5-4-6-16(23)10-15)26-27-22(28)34-13-20(30)25-18-11-17(29(32)33)8-7-14(18)2/h3-8,10-11H,1,9,12-13H2,2H3,(H,24,31)(H,25,30). The number of allylic oxidation sites excluding steroid dienone is 1. The number of halogens is 1. The van der Waals surface area contributed by atoms with Crippen LogP contribution in [0.3, 0.4) is 0 Å². The lowest BCUT2D eigenvalue weighted by Gasteiger charge is -2.10. The van der Waals surface area contributed by atoms with Crippen molar-refractivity contribution in [2.45, 2.75) is 25.2 Å². The van der Waals surface area contributed by atoms with Crippen molar-refractivity contribution < 1.29 is 14.5 Å². The van der Waals surface area contributed by atoms with Gasteiger partial charge in [-0.3, -0.25) is 19.7 Å². The molecular formula is C22H21ClN6O4S. The average Bonchev–Trinajstić information content (AvgIpc) is 3.19. The van der Waals surface area contributed by atoms with Crippen LogP contribution in [-0.2, 0) is 17.9 Å². The van der Waals surface area contributed by atoms with Gasteiger partial charge in [-0.15, -0.1) is 16.8 Å². The van der Waals surface area contributed by atoms with Crippen molar-refractivity contribution in [2.75, 3.05) is 11.1 Å². The van der Waals surface area contributed by atoms with E-state index < -0.39 is 4.92 Å². The van der Waals surface area contributed by atoms with Crippen LogP contribution in [-0.4, -0.2) is 37.3 Å². The third kappa shape index (κ3) is 6.42. The molecule has 0 radical (unpaired) electrons. The maximum atomic E-state index is 12.4. The number of aryl methyl sites for hydroxylation is 1. The van der Waals surface area contributed by atoms with Crippen molar-refractivity contribution in [3.63, 3.8) is 0 Å². The molecule has 0 bridgehead atoms. The Morgan fingerprint density at radius 1 is 1.26 bits per heavy atom. The summed E-state index contributed by atoms with van der Waals surface area (Å²) in [4.78, 5) is 35.3. The molecule has 12 heteroatoms. The predicted molar refractivity (Wildman–Crippen MR) is 130 cm³/mol. The first kappa shape index (κ1) is 24.9. The van der Waals surface area contributed by atoms with E-state index in [-0.39, 0.29) is 29.8 Å². The first-order valence-electron chi connectivity index (χ1n) is 10.0. The van der Waals surface area contributed by atoms with Gasteiger partial charge in [0.05, 0.1) is 22.9 Å². The van der Waals surface area contributed by atoms with Gasteiger partial charge in [0.15, 0.2) is 11.0 Å². The quantitative estimate of drug-likeness (QED) is 0.186. The molecule has 2 amide bonds. The molecule has 0 atom stereocenters. The fraction of sp³-hybridized carbons (Fsp3) is 0.182. The minimum Gasteiger partial charge on any atom is -0.345 e. The molecule has 34 heavy (non-hydrogen) atoms. The fourth-order valence-corrected chi connectivity index (χ4v) is 3.89. The van der Waals surface area contributed by atoms with E-state index in [1.54, 1.807) is 47.9 Å². The van der Waals surface area contributed by atoms with Crippen LogP contribution in [0.2, 0.25) is 5.02 Å². The number of rotatable bonds is 10. The van der Waals surface area contributed by atoms with Crippen molar-refractivity contribution in [1.29, 1.82) is 0 Å². The smallest absolute Gasteiger partial charge is 0.271 e. The third-order valence-corrected chi connectivity index (χ3v) is 5.84. The third-order valence-electron chi connectivity index (χ3n) is 4.64. The number of nitro groups is 1. The Labute approximate surface area is 204 Å². The van der Waals surface area contributed by atoms with Gasteiger partial charge in [0.2, 0.25) is 5.91 Å². The molecule has 0 aliphatic carbocycles. The number of amides is 2. The number of carbonyl (C=O) groups excluding carboxylic acids is 2. The highest BCUT2D eigenvalue weighted by Crippen LogP contribution is 2.23. The van der Waals surface area contributed by atoms with Gasteiger partial charge in [-0.25, -0.2) is 0 Å². The van der Waals surface area contributed by atoms with Crippen molar-refractivity contribution in [2.24, 2.45) is 0 Å². The molecule has 3 rings (SSSR count). The van der Waals surface area contributed by atoms with Crippen LogP contribution in [0.25, 0.3) is 0 Å². The van der Waals surface area contributed by atoms with Crippen LogP contribution in [0.15, 0.2) is 60.3 Å². The van der Waals surface area contributed by atoms with E-state index in [1.165, 1.54) is 12.1 Å². The van der Waals surface area contributed by atoms with Gasteiger partial charge in [0.25, 0.3) is 11.6 Å². The zero-order valence-electron chi connectivity index (χ0n) is 18.2. The lowest BCUT2D eigenvalue weighted by molar-refractivity contribution is -0.384. The van der Waals surface area contributed by atoms with E-state index >= 15 is 0 Å². The lowest BCUT2D eigenvalue weighted by atomic mass is 10.2. The Morgan fingerprint density at radius 3 is 2.76 bits per heavy atom. The summed E-state index contributed by atoms with van der Waals surface area (Å²) in [6, 6.07) is 10.9. The summed E-state index contributed by atoms with van der Waals surface area (Å²) in [7, 11) is 0. The van der Waals surface area contributed by atoms with E-state index in [0.717, 1.165) is 11.8 Å². The Balaban J connectivity index is 1.63. The molecule has 0 fully saturated rings.